The standard InChI is InChI=1S/C26H27N7O2/c1-30-19-32(16-21-5-9-22(10-6-21)33-18-27-28-29-33)26(34)24-17-31(15-13-25(24)30)14-3-4-20-7-11-23(35-2)12-8-20/h5-12,18H,13-17,19H2,1-2H3. The van der Waals surface area contributed by atoms with Gasteiger partial charge in [0.15, 0.2) is 0 Å². The molecule has 0 unspecified atom stereocenters. The van der Waals surface area contributed by atoms with Gasteiger partial charge in [-0.1, -0.05) is 24.0 Å². The maximum absolute atomic E-state index is 13.4. The van der Waals surface area contributed by atoms with E-state index in [0.717, 1.165) is 46.8 Å². The summed E-state index contributed by atoms with van der Waals surface area (Å²) in [5, 5.41) is 11.2. The number of tetrazole rings is 1. The fourth-order valence-electron chi connectivity index (χ4n) is 4.46. The Balaban J connectivity index is 1.23. The van der Waals surface area contributed by atoms with E-state index in [1.165, 1.54) is 0 Å². The quantitative estimate of drug-likeness (QED) is 0.528. The number of aromatic nitrogens is 4. The smallest absolute Gasteiger partial charge is 0.254 e. The lowest BCUT2D eigenvalue weighted by Gasteiger charge is -2.42. The van der Waals surface area contributed by atoms with Crippen molar-refractivity contribution in [3.8, 4) is 23.3 Å². The normalized spacial score (nSPS) is 16.1. The van der Waals surface area contributed by atoms with Gasteiger partial charge in [-0.2, -0.15) is 0 Å². The Labute approximate surface area is 204 Å². The highest BCUT2D eigenvalue weighted by atomic mass is 16.5. The van der Waals surface area contributed by atoms with Crippen molar-refractivity contribution in [1.82, 2.24) is 34.9 Å². The second-order valence-corrected chi connectivity index (χ2v) is 8.68. The zero-order chi connectivity index (χ0) is 24.2. The molecule has 5 rings (SSSR count). The Morgan fingerprint density at radius 3 is 2.60 bits per heavy atom. The number of hydrogen-bond donors (Lipinski definition) is 0. The predicted octanol–water partition coefficient (Wildman–Crippen LogP) is 1.91. The lowest BCUT2D eigenvalue weighted by atomic mass is 10.0. The van der Waals surface area contributed by atoms with Crippen molar-refractivity contribution in [3.63, 3.8) is 0 Å². The molecule has 2 aliphatic heterocycles. The van der Waals surface area contributed by atoms with Crippen molar-refractivity contribution in [1.29, 1.82) is 0 Å². The van der Waals surface area contributed by atoms with E-state index in [9.17, 15) is 4.79 Å². The van der Waals surface area contributed by atoms with E-state index < -0.39 is 0 Å². The van der Waals surface area contributed by atoms with Crippen molar-refractivity contribution < 1.29 is 9.53 Å². The first-order valence-corrected chi connectivity index (χ1v) is 11.5. The molecule has 0 N–H and O–H groups in total. The number of rotatable bonds is 5. The van der Waals surface area contributed by atoms with Crippen molar-refractivity contribution >= 4 is 5.91 Å². The average Bonchev–Trinajstić information content (AvgIpc) is 3.43. The summed E-state index contributed by atoms with van der Waals surface area (Å²) in [5.74, 6) is 7.39. The van der Waals surface area contributed by atoms with Gasteiger partial charge in [0.1, 0.15) is 12.1 Å². The minimum Gasteiger partial charge on any atom is -0.497 e. The molecule has 3 heterocycles. The first-order valence-electron chi connectivity index (χ1n) is 11.5. The lowest BCUT2D eigenvalue weighted by molar-refractivity contribution is -0.131. The van der Waals surface area contributed by atoms with E-state index in [4.69, 9.17) is 4.74 Å². The van der Waals surface area contributed by atoms with Crippen LogP contribution in [0.4, 0.5) is 0 Å². The molecule has 0 spiro atoms. The summed E-state index contributed by atoms with van der Waals surface area (Å²) >= 11 is 0. The molecule has 178 valence electrons. The predicted molar refractivity (Wildman–Crippen MR) is 130 cm³/mol. The van der Waals surface area contributed by atoms with Crippen LogP contribution in [0.3, 0.4) is 0 Å². The average molecular weight is 470 g/mol. The highest BCUT2D eigenvalue weighted by Crippen LogP contribution is 2.27. The van der Waals surface area contributed by atoms with Crippen molar-refractivity contribution in [2.45, 2.75) is 13.0 Å². The molecule has 0 saturated heterocycles. The summed E-state index contributed by atoms with van der Waals surface area (Å²) < 4.78 is 6.80. The Morgan fingerprint density at radius 1 is 1.09 bits per heavy atom. The van der Waals surface area contributed by atoms with Crippen LogP contribution in [0.25, 0.3) is 5.69 Å². The lowest BCUT2D eigenvalue weighted by Crippen LogP contribution is -2.50. The molecule has 0 atom stereocenters. The van der Waals surface area contributed by atoms with E-state index in [2.05, 4.69) is 44.2 Å². The minimum absolute atomic E-state index is 0.107. The molecule has 1 amide bonds. The zero-order valence-corrected chi connectivity index (χ0v) is 19.9. The maximum Gasteiger partial charge on any atom is 0.254 e. The van der Waals surface area contributed by atoms with Crippen LogP contribution < -0.4 is 4.74 Å². The van der Waals surface area contributed by atoms with Crippen LogP contribution in [0.5, 0.6) is 5.75 Å². The van der Waals surface area contributed by atoms with Crippen LogP contribution in [-0.2, 0) is 11.3 Å². The summed E-state index contributed by atoms with van der Waals surface area (Å²) in [7, 11) is 3.72. The monoisotopic (exact) mass is 469 g/mol. The Bertz CT molecular complexity index is 1270. The van der Waals surface area contributed by atoms with Gasteiger partial charge in [0.05, 0.1) is 31.6 Å². The number of ether oxygens (including phenoxy) is 1. The van der Waals surface area contributed by atoms with Gasteiger partial charge in [-0.25, -0.2) is 4.68 Å². The molecular formula is C26H27N7O2. The molecule has 2 aromatic carbocycles. The number of carbonyl (C=O) groups is 1. The van der Waals surface area contributed by atoms with Gasteiger partial charge >= 0.3 is 0 Å². The Kier molecular flexibility index (Phi) is 6.46. The van der Waals surface area contributed by atoms with Gasteiger partial charge < -0.3 is 14.5 Å². The third-order valence-corrected chi connectivity index (χ3v) is 6.33. The van der Waals surface area contributed by atoms with Crippen LogP contribution in [0, 0.1) is 11.8 Å². The fraction of sp³-hybridized carbons (Fsp3) is 0.308. The third-order valence-electron chi connectivity index (χ3n) is 6.33. The van der Waals surface area contributed by atoms with E-state index >= 15 is 0 Å². The summed E-state index contributed by atoms with van der Waals surface area (Å²) in [5.41, 5.74) is 4.92. The molecule has 0 bridgehead atoms. The van der Waals surface area contributed by atoms with Crippen LogP contribution in [0.1, 0.15) is 17.5 Å². The minimum atomic E-state index is 0.107. The second kappa shape index (κ2) is 9.99. The topological polar surface area (TPSA) is 79.6 Å². The van der Waals surface area contributed by atoms with Crippen LogP contribution in [0.2, 0.25) is 0 Å². The fourth-order valence-corrected chi connectivity index (χ4v) is 4.46. The largest absolute Gasteiger partial charge is 0.497 e. The van der Waals surface area contributed by atoms with Gasteiger partial charge in [-0.05, 0) is 52.4 Å². The summed E-state index contributed by atoms with van der Waals surface area (Å²) in [4.78, 5) is 19.7. The van der Waals surface area contributed by atoms with E-state index in [1.807, 2.05) is 53.4 Å². The molecule has 0 fully saturated rings. The van der Waals surface area contributed by atoms with Crippen molar-refractivity contribution in [2.75, 3.05) is 40.5 Å². The molecule has 0 radical (unpaired) electrons. The van der Waals surface area contributed by atoms with Gasteiger partial charge in [0.25, 0.3) is 5.91 Å². The highest BCUT2D eigenvalue weighted by molar-refractivity contribution is 5.95. The molecule has 0 saturated carbocycles. The SMILES string of the molecule is COc1ccc(C#CCN2CCC3=C(C2)C(=O)N(Cc2ccc(-n4cnnn4)cc2)CN3C)cc1. The maximum atomic E-state index is 13.4. The summed E-state index contributed by atoms with van der Waals surface area (Å²) in [6, 6.07) is 15.7. The number of carbonyl (C=O) groups excluding carboxylic acids is 1. The molecule has 35 heavy (non-hydrogen) atoms. The number of hydrogen-bond acceptors (Lipinski definition) is 7. The van der Waals surface area contributed by atoms with E-state index in [0.29, 0.717) is 26.3 Å². The van der Waals surface area contributed by atoms with Crippen molar-refractivity contribution in [2.24, 2.45) is 0 Å². The molecule has 2 aliphatic rings. The Morgan fingerprint density at radius 2 is 1.89 bits per heavy atom. The van der Waals surface area contributed by atoms with Crippen molar-refractivity contribution in [3.05, 3.63) is 77.3 Å². The molecule has 0 aliphatic carbocycles. The second-order valence-electron chi connectivity index (χ2n) is 8.68. The molecule has 1 aromatic heterocycles. The first kappa shape index (κ1) is 22.6. The molecule has 9 heteroatoms. The third kappa shape index (κ3) is 5.03. The van der Waals surface area contributed by atoms with E-state index in [1.54, 1.807) is 18.1 Å². The van der Waals surface area contributed by atoms with Crippen LogP contribution in [0.15, 0.2) is 66.1 Å². The van der Waals surface area contributed by atoms with E-state index in [-0.39, 0.29) is 5.91 Å². The van der Waals surface area contributed by atoms with Gasteiger partial charge in [0.2, 0.25) is 0 Å². The van der Waals surface area contributed by atoms with Crippen LogP contribution >= 0.6 is 0 Å². The summed E-state index contributed by atoms with van der Waals surface area (Å²) in [6.07, 6.45) is 2.42. The van der Waals surface area contributed by atoms with Gasteiger partial charge in [-0.3, -0.25) is 9.69 Å². The number of methoxy groups -OCH3 is 1. The molecule has 3 aromatic rings. The number of benzene rings is 2. The summed E-state index contributed by atoms with van der Waals surface area (Å²) in [6.45, 7) is 3.27. The highest BCUT2D eigenvalue weighted by Gasteiger charge is 2.33. The van der Waals surface area contributed by atoms with Gasteiger partial charge in [0, 0.05) is 44.4 Å². The van der Waals surface area contributed by atoms with Crippen LogP contribution in [-0.4, -0.2) is 81.3 Å². The zero-order valence-electron chi connectivity index (χ0n) is 19.9. The first-order chi connectivity index (χ1) is 17.1. The number of nitrogens with zero attached hydrogens (tertiary/aromatic N) is 7. The molecule has 9 nitrogen and oxygen atoms in total. The van der Waals surface area contributed by atoms with Gasteiger partial charge in [-0.15, -0.1) is 5.10 Å². The Hall–Kier alpha value is -4.16. The number of amides is 1. The molecular weight excluding hydrogens is 442 g/mol.